The first-order valence-corrected chi connectivity index (χ1v) is 12.4. The number of rotatable bonds is 6. The Morgan fingerprint density at radius 3 is 2.22 bits per heavy atom. The lowest BCUT2D eigenvalue weighted by molar-refractivity contribution is -0.441. The first-order valence-electron chi connectivity index (χ1n) is 12.4. The van der Waals surface area contributed by atoms with Crippen molar-refractivity contribution in [3.63, 3.8) is 0 Å². The molecule has 0 fully saturated rings. The molecule has 5 rings (SSSR count). The van der Waals surface area contributed by atoms with Gasteiger partial charge in [0.15, 0.2) is 12.3 Å². The monoisotopic (exact) mass is 485 g/mol. The van der Waals surface area contributed by atoms with E-state index in [9.17, 15) is 20.1 Å². The molecule has 36 heavy (non-hydrogen) atoms. The van der Waals surface area contributed by atoms with Gasteiger partial charge in [-0.3, -0.25) is 4.79 Å². The van der Waals surface area contributed by atoms with Crippen LogP contribution in [0.3, 0.4) is 0 Å². The number of fused-ring (bicyclic) bond motifs is 2. The van der Waals surface area contributed by atoms with Crippen molar-refractivity contribution in [2.24, 2.45) is 0 Å². The number of β-amino-alcohol motifs (C(OH)–C–C–N with tert-alkyl or cyclic N) is 2. The number of Topliss-reactive ketones (excluding diaryl/α,β-unsaturated/α-hetero) is 1. The van der Waals surface area contributed by atoms with Crippen molar-refractivity contribution in [1.29, 1.82) is 0 Å². The summed E-state index contributed by atoms with van der Waals surface area (Å²) in [7, 11) is 0. The molecule has 6 nitrogen and oxygen atoms in total. The molecule has 2 heterocycles. The zero-order chi connectivity index (χ0) is 25.8. The van der Waals surface area contributed by atoms with Crippen LogP contribution < -0.4 is 4.90 Å². The largest absolute Gasteiger partial charge is 0.506 e. The molecule has 0 saturated heterocycles. The summed E-state index contributed by atoms with van der Waals surface area (Å²) in [6.45, 7) is 9.11. The fraction of sp³-hybridized carbons (Fsp3) is 0.333. The van der Waals surface area contributed by atoms with Gasteiger partial charge in [-0.25, -0.2) is 0 Å². The van der Waals surface area contributed by atoms with Crippen molar-refractivity contribution in [3.8, 4) is 0 Å². The lowest BCUT2D eigenvalue weighted by atomic mass is 9.77. The number of hydrogen-bond donors (Lipinski definition) is 3. The molecule has 0 unspecified atom stereocenters. The van der Waals surface area contributed by atoms with E-state index in [1.54, 1.807) is 12.2 Å². The number of carbonyl (C=O) groups excluding carboxylic acids is 1. The Kier molecular flexibility index (Phi) is 5.77. The minimum absolute atomic E-state index is 0.0218. The van der Waals surface area contributed by atoms with Crippen molar-refractivity contribution in [2.45, 2.75) is 38.5 Å². The van der Waals surface area contributed by atoms with Crippen molar-refractivity contribution in [2.75, 3.05) is 31.2 Å². The second-order valence-electron chi connectivity index (χ2n) is 10.6. The molecule has 2 aliphatic heterocycles. The average molecular weight is 486 g/mol. The molecule has 0 bridgehead atoms. The molecule has 6 heteroatoms. The summed E-state index contributed by atoms with van der Waals surface area (Å²) >= 11 is 0. The van der Waals surface area contributed by atoms with E-state index in [-0.39, 0.29) is 46.7 Å². The first-order chi connectivity index (χ1) is 17.1. The number of allylic oxidation sites excluding steroid dienone is 5. The summed E-state index contributed by atoms with van der Waals surface area (Å²) < 4.78 is 2.03. The highest BCUT2D eigenvalue weighted by Crippen LogP contribution is 2.49. The van der Waals surface area contributed by atoms with Crippen molar-refractivity contribution >= 4 is 22.9 Å². The molecule has 2 aromatic rings. The molecule has 1 aliphatic carbocycles. The highest BCUT2D eigenvalue weighted by molar-refractivity contribution is 6.24. The van der Waals surface area contributed by atoms with Crippen LogP contribution >= 0.6 is 0 Å². The zero-order valence-electron chi connectivity index (χ0n) is 21.2. The number of nitrogens with zero attached hydrogens (tertiary/aromatic N) is 2. The second kappa shape index (κ2) is 8.57. The molecule has 0 spiro atoms. The van der Waals surface area contributed by atoms with Crippen LogP contribution in [0.25, 0.3) is 0 Å². The Hall–Kier alpha value is -3.48. The summed E-state index contributed by atoms with van der Waals surface area (Å²) in [5.41, 5.74) is 5.77. The zero-order valence-corrected chi connectivity index (χ0v) is 21.2. The predicted octanol–water partition coefficient (Wildman–Crippen LogP) is 4.05. The molecule has 0 saturated carbocycles. The van der Waals surface area contributed by atoms with Crippen LogP contribution in [0, 0.1) is 0 Å². The van der Waals surface area contributed by atoms with E-state index < -0.39 is 0 Å². The van der Waals surface area contributed by atoms with Crippen LogP contribution in [0.15, 0.2) is 83.3 Å². The number of para-hydroxylation sites is 2. The molecule has 186 valence electrons. The van der Waals surface area contributed by atoms with E-state index in [1.807, 2.05) is 45.9 Å². The summed E-state index contributed by atoms with van der Waals surface area (Å²) in [6, 6.07) is 16.1. The molecule has 3 N–H and O–H groups in total. The van der Waals surface area contributed by atoms with Gasteiger partial charge in [-0.05, 0) is 31.6 Å². The highest BCUT2D eigenvalue weighted by Gasteiger charge is 2.47. The molecule has 0 atom stereocenters. The summed E-state index contributed by atoms with van der Waals surface area (Å²) in [5, 5.41) is 30.5. The van der Waals surface area contributed by atoms with Gasteiger partial charge >= 0.3 is 0 Å². The second-order valence-corrected chi connectivity index (χ2v) is 10.6. The minimum atomic E-state index is -0.388. The summed E-state index contributed by atoms with van der Waals surface area (Å²) in [5.74, 6) is -0.231. The van der Waals surface area contributed by atoms with Crippen LogP contribution in [0.4, 0.5) is 11.4 Å². The number of benzene rings is 2. The Balaban J connectivity index is 1.58. The number of aliphatic hydroxyl groups is 3. The van der Waals surface area contributed by atoms with Gasteiger partial charge in [-0.2, -0.15) is 4.58 Å². The maximum Gasteiger partial charge on any atom is 0.209 e. The van der Waals surface area contributed by atoms with Gasteiger partial charge < -0.3 is 20.2 Å². The minimum Gasteiger partial charge on any atom is -0.506 e. The van der Waals surface area contributed by atoms with Gasteiger partial charge in [-0.15, -0.1) is 0 Å². The third-order valence-corrected chi connectivity index (χ3v) is 7.81. The highest BCUT2D eigenvalue weighted by atomic mass is 16.3. The number of carbonyl (C=O) groups is 1. The fourth-order valence-corrected chi connectivity index (χ4v) is 5.87. The number of ketones is 1. The van der Waals surface area contributed by atoms with E-state index in [2.05, 4.69) is 39.8 Å². The van der Waals surface area contributed by atoms with E-state index in [4.69, 9.17) is 0 Å². The van der Waals surface area contributed by atoms with E-state index in [0.717, 1.165) is 33.9 Å². The SMILES string of the molecule is CC1(C)C(/C=C2\C(=O)C(/C=C3\N(CCO)c4ccccc4C3(C)C)=C2O)=[N+](CCO)c2ccccc21. The van der Waals surface area contributed by atoms with Crippen LogP contribution in [-0.4, -0.2) is 57.7 Å². The molecular formula is C30H33N2O4+. The molecule has 0 amide bonds. The summed E-state index contributed by atoms with van der Waals surface area (Å²) in [6.07, 6.45) is 3.55. The van der Waals surface area contributed by atoms with Gasteiger partial charge in [0.25, 0.3) is 0 Å². The maximum absolute atomic E-state index is 13.4. The first kappa shape index (κ1) is 24.2. The van der Waals surface area contributed by atoms with E-state index in [0.29, 0.717) is 13.1 Å². The maximum atomic E-state index is 13.4. The fourth-order valence-electron chi connectivity index (χ4n) is 5.87. The Morgan fingerprint density at radius 2 is 1.56 bits per heavy atom. The topological polar surface area (TPSA) is 84.0 Å². The number of anilines is 1. The van der Waals surface area contributed by atoms with Crippen molar-refractivity contribution in [1.82, 2.24) is 0 Å². The van der Waals surface area contributed by atoms with Crippen LogP contribution in [0.5, 0.6) is 0 Å². The van der Waals surface area contributed by atoms with Gasteiger partial charge in [0.2, 0.25) is 11.5 Å². The van der Waals surface area contributed by atoms with Gasteiger partial charge in [0.05, 0.1) is 23.2 Å². The van der Waals surface area contributed by atoms with Crippen LogP contribution in [-0.2, 0) is 15.6 Å². The van der Waals surface area contributed by atoms with E-state index >= 15 is 0 Å². The van der Waals surface area contributed by atoms with Crippen molar-refractivity contribution < 1.29 is 24.7 Å². The van der Waals surface area contributed by atoms with E-state index in [1.165, 1.54) is 0 Å². The Morgan fingerprint density at radius 1 is 0.889 bits per heavy atom. The lowest BCUT2D eigenvalue weighted by Gasteiger charge is -2.29. The standard InChI is InChI=1S/C30H32N2O4/c1-29(2)21-9-5-7-11-23(21)31(13-15-33)25(29)17-19-27(35)20(28(19)36)18-26-30(3,4)22-10-6-8-12-24(22)32(26)14-16-34/h5-12,17-18,33-34H,13-16H2,1-4H3/p+1. The predicted molar refractivity (Wildman–Crippen MR) is 141 cm³/mol. The van der Waals surface area contributed by atoms with Crippen molar-refractivity contribution in [3.05, 3.63) is 94.4 Å². The molecule has 2 aromatic carbocycles. The van der Waals surface area contributed by atoms with Gasteiger partial charge in [0, 0.05) is 41.1 Å². The lowest BCUT2D eigenvalue weighted by Crippen LogP contribution is -2.33. The van der Waals surface area contributed by atoms with Crippen LogP contribution in [0.1, 0.15) is 38.8 Å². The van der Waals surface area contributed by atoms with Gasteiger partial charge in [-0.1, -0.05) is 50.2 Å². The number of aliphatic hydroxyl groups excluding tert-OH is 3. The normalized spacial score (nSPS) is 21.9. The quantitative estimate of drug-likeness (QED) is 0.425. The third kappa shape index (κ3) is 3.39. The smallest absolute Gasteiger partial charge is 0.209 e. The average Bonchev–Trinajstić information content (AvgIpc) is 3.20. The summed E-state index contributed by atoms with van der Waals surface area (Å²) in [4.78, 5) is 15.4. The van der Waals surface area contributed by atoms with Gasteiger partial charge in [0.1, 0.15) is 12.4 Å². The molecule has 0 aromatic heterocycles. The van der Waals surface area contributed by atoms with Crippen LogP contribution in [0.2, 0.25) is 0 Å². The molecule has 3 aliphatic rings. The third-order valence-electron chi connectivity index (χ3n) is 7.81. The molecular weight excluding hydrogens is 452 g/mol. The Bertz CT molecular complexity index is 1390. The molecule has 0 radical (unpaired) electrons. The Labute approximate surface area is 211 Å². The number of hydrogen-bond acceptors (Lipinski definition) is 5.